The van der Waals surface area contributed by atoms with Gasteiger partial charge in [0.05, 0.1) is 0 Å². The molecule has 1 unspecified atom stereocenters. The van der Waals surface area contributed by atoms with Crippen LogP contribution in [0.25, 0.3) is 0 Å². The molecule has 0 saturated carbocycles. The summed E-state index contributed by atoms with van der Waals surface area (Å²) in [7, 11) is 0. The topological polar surface area (TPSA) is 53.2 Å². The van der Waals surface area contributed by atoms with Crippen LogP contribution in [0, 0.1) is 5.92 Å². The van der Waals surface area contributed by atoms with Crippen LogP contribution in [-0.4, -0.2) is 30.2 Å². The zero-order valence-corrected chi connectivity index (χ0v) is 12.1. The van der Waals surface area contributed by atoms with Crippen LogP contribution in [0.2, 0.25) is 0 Å². The average Bonchev–Trinajstić information content (AvgIpc) is 2.26. The molecule has 0 aromatic heterocycles. The molecule has 0 aromatic carbocycles. The number of thiocarbonyl (C=S) groups is 1. The summed E-state index contributed by atoms with van der Waals surface area (Å²) in [6.07, 6.45) is 1.40. The standard InChI is InChI=1S/C12H25N3OS/c1-5-10(4)15-11(16)6-7-13-12(17)14-8-9(2)3/h9-10H,5-8H2,1-4H3,(H,15,16)(H2,13,14,17). The van der Waals surface area contributed by atoms with Crippen molar-refractivity contribution in [3.8, 4) is 0 Å². The molecule has 17 heavy (non-hydrogen) atoms. The number of rotatable bonds is 7. The molecule has 0 radical (unpaired) electrons. The number of hydrogen-bond donors (Lipinski definition) is 3. The second-order valence-electron chi connectivity index (χ2n) is 4.66. The van der Waals surface area contributed by atoms with Crippen molar-refractivity contribution in [3.05, 3.63) is 0 Å². The number of carbonyl (C=O) groups is 1. The predicted molar refractivity (Wildman–Crippen MR) is 76.0 cm³/mol. The quantitative estimate of drug-likeness (QED) is 0.605. The summed E-state index contributed by atoms with van der Waals surface area (Å²) in [4.78, 5) is 11.4. The molecule has 0 aliphatic rings. The Kier molecular flexibility index (Phi) is 8.76. The van der Waals surface area contributed by atoms with Gasteiger partial charge in [-0.2, -0.15) is 0 Å². The summed E-state index contributed by atoms with van der Waals surface area (Å²) in [5, 5.41) is 9.65. The molecular formula is C12H25N3OS. The highest BCUT2D eigenvalue weighted by Crippen LogP contribution is 1.89. The molecule has 0 heterocycles. The molecule has 1 amide bonds. The van der Waals surface area contributed by atoms with E-state index in [-0.39, 0.29) is 11.9 Å². The minimum Gasteiger partial charge on any atom is -0.362 e. The van der Waals surface area contributed by atoms with Gasteiger partial charge >= 0.3 is 0 Å². The van der Waals surface area contributed by atoms with Gasteiger partial charge in [-0.15, -0.1) is 0 Å². The van der Waals surface area contributed by atoms with Crippen LogP contribution in [-0.2, 0) is 4.79 Å². The van der Waals surface area contributed by atoms with Crippen LogP contribution in [0.1, 0.15) is 40.5 Å². The van der Waals surface area contributed by atoms with Crippen molar-refractivity contribution in [1.29, 1.82) is 0 Å². The smallest absolute Gasteiger partial charge is 0.221 e. The van der Waals surface area contributed by atoms with Crippen molar-refractivity contribution in [2.75, 3.05) is 13.1 Å². The summed E-state index contributed by atoms with van der Waals surface area (Å²) in [6, 6.07) is 0.244. The summed E-state index contributed by atoms with van der Waals surface area (Å²) in [5.74, 6) is 0.627. The van der Waals surface area contributed by atoms with Gasteiger partial charge in [0.25, 0.3) is 0 Å². The molecule has 0 rings (SSSR count). The molecule has 5 heteroatoms. The summed E-state index contributed by atoms with van der Waals surface area (Å²) < 4.78 is 0. The van der Waals surface area contributed by atoms with E-state index in [1.54, 1.807) is 0 Å². The Bertz CT molecular complexity index is 244. The van der Waals surface area contributed by atoms with Crippen molar-refractivity contribution in [2.45, 2.75) is 46.6 Å². The SMILES string of the molecule is CCC(C)NC(=O)CCNC(=S)NCC(C)C. The summed E-state index contributed by atoms with van der Waals surface area (Å²) in [5.41, 5.74) is 0. The molecule has 0 aliphatic carbocycles. The van der Waals surface area contributed by atoms with Gasteiger partial charge in [-0.25, -0.2) is 0 Å². The van der Waals surface area contributed by atoms with Crippen LogP contribution in [0.5, 0.6) is 0 Å². The van der Waals surface area contributed by atoms with E-state index in [4.69, 9.17) is 12.2 Å². The predicted octanol–water partition coefficient (Wildman–Crippen LogP) is 1.41. The van der Waals surface area contributed by atoms with Gasteiger partial charge in [0.2, 0.25) is 5.91 Å². The van der Waals surface area contributed by atoms with E-state index < -0.39 is 0 Å². The third kappa shape index (κ3) is 10.1. The van der Waals surface area contributed by atoms with E-state index in [1.165, 1.54) is 0 Å². The highest BCUT2D eigenvalue weighted by molar-refractivity contribution is 7.80. The molecule has 0 saturated heterocycles. The Morgan fingerprint density at radius 2 is 1.88 bits per heavy atom. The van der Waals surface area contributed by atoms with Crippen molar-refractivity contribution in [3.63, 3.8) is 0 Å². The third-order valence-electron chi connectivity index (χ3n) is 2.33. The number of amides is 1. The molecule has 3 N–H and O–H groups in total. The molecule has 0 spiro atoms. The molecule has 4 nitrogen and oxygen atoms in total. The molecular weight excluding hydrogens is 234 g/mol. The minimum atomic E-state index is 0.0681. The first-order valence-corrected chi connectivity index (χ1v) is 6.67. The van der Waals surface area contributed by atoms with Crippen molar-refractivity contribution >= 4 is 23.2 Å². The van der Waals surface area contributed by atoms with Crippen LogP contribution in [0.3, 0.4) is 0 Å². The van der Waals surface area contributed by atoms with Gasteiger partial charge in [0, 0.05) is 25.6 Å². The number of hydrogen-bond acceptors (Lipinski definition) is 2. The van der Waals surface area contributed by atoms with Crippen molar-refractivity contribution in [2.24, 2.45) is 5.92 Å². The van der Waals surface area contributed by atoms with E-state index >= 15 is 0 Å². The maximum absolute atomic E-state index is 11.4. The highest BCUT2D eigenvalue weighted by atomic mass is 32.1. The Morgan fingerprint density at radius 1 is 1.24 bits per heavy atom. The monoisotopic (exact) mass is 259 g/mol. The molecule has 100 valence electrons. The first kappa shape index (κ1) is 16.2. The normalized spacial score (nSPS) is 12.1. The molecule has 0 aromatic rings. The van der Waals surface area contributed by atoms with Crippen LogP contribution in [0.4, 0.5) is 0 Å². The fraction of sp³-hybridized carbons (Fsp3) is 0.833. The fourth-order valence-electron chi connectivity index (χ4n) is 1.10. The van der Waals surface area contributed by atoms with E-state index in [0.717, 1.165) is 13.0 Å². The maximum Gasteiger partial charge on any atom is 0.221 e. The summed E-state index contributed by atoms with van der Waals surface area (Å²) in [6.45, 7) is 9.72. The van der Waals surface area contributed by atoms with E-state index in [9.17, 15) is 4.79 Å². The number of carbonyl (C=O) groups excluding carboxylic acids is 1. The first-order chi connectivity index (χ1) is 7.95. The molecule has 1 atom stereocenters. The van der Waals surface area contributed by atoms with E-state index in [2.05, 4.69) is 29.8 Å². The van der Waals surface area contributed by atoms with Crippen molar-refractivity contribution in [1.82, 2.24) is 16.0 Å². The van der Waals surface area contributed by atoms with Crippen molar-refractivity contribution < 1.29 is 4.79 Å². The van der Waals surface area contributed by atoms with Gasteiger partial charge < -0.3 is 16.0 Å². The molecule has 0 fully saturated rings. The molecule has 0 aliphatic heterocycles. The minimum absolute atomic E-state index is 0.0681. The third-order valence-corrected chi connectivity index (χ3v) is 2.62. The van der Waals surface area contributed by atoms with Gasteiger partial charge in [-0.05, 0) is 31.5 Å². The number of nitrogens with one attached hydrogen (secondary N) is 3. The lowest BCUT2D eigenvalue weighted by Gasteiger charge is -2.13. The maximum atomic E-state index is 11.4. The Balaban J connectivity index is 3.55. The Labute approximate surface area is 110 Å². The van der Waals surface area contributed by atoms with E-state index in [1.807, 2.05) is 13.8 Å². The van der Waals surface area contributed by atoms with Gasteiger partial charge in [-0.1, -0.05) is 20.8 Å². The Hall–Kier alpha value is -0.840. The lowest BCUT2D eigenvalue weighted by Crippen LogP contribution is -2.40. The summed E-state index contributed by atoms with van der Waals surface area (Å²) >= 11 is 5.08. The fourth-order valence-corrected chi connectivity index (χ4v) is 1.28. The molecule has 0 bridgehead atoms. The second kappa shape index (κ2) is 9.22. The first-order valence-electron chi connectivity index (χ1n) is 6.26. The average molecular weight is 259 g/mol. The van der Waals surface area contributed by atoms with Gasteiger partial charge in [0.1, 0.15) is 0 Å². The zero-order chi connectivity index (χ0) is 13.3. The lowest BCUT2D eigenvalue weighted by atomic mass is 10.2. The largest absolute Gasteiger partial charge is 0.362 e. The highest BCUT2D eigenvalue weighted by Gasteiger charge is 2.05. The van der Waals surface area contributed by atoms with Crippen LogP contribution < -0.4 is 16.0 Å². The van der Waals surface area contributed by atoms with Crippen LogP contribution >= 0.6 is 12.2 Å². The van der Waals surface area contributed by atoms with Crippen LogP contribution in [0.15, 0.2) is 0 Å². The Morgan fingerprint density at radius 3 is 2.41 bits per heavy atom. The van der Waals surface area contributed by atoms with E-state index in [0.29, 0.717) is 24.0 Å². The second-order valence-corrected chi connectivity index (χ2v) is 5.07. The van der Waals surface area contributed by atoms with Gasteiger partial charge in [-0.3, -0.25) is 4.79 Å². The van der Waals surface area contributed by atoms with Gasteiger partial charge in [0.15, 0.2) is 5.11 Å². The lowest BCUT2D eigenvalue weighted by molar-refractivity contribution is -0.121. The zero-order valence-electron chi connectivity index (χ0n) is 11.3.